The highest BCUT2D eigenvalue weighted by atomic mass is 32.2. The van der Waals surface area contributed by atoms with E-state index in [4.69, 9.17) is 0 Å². The van der Waals surface area contributed by atoms with Gasteiger partial charge in [0, 0.05) is 5.56 Å². The summed E-state index contributed by atoms with van der Waals surface area (Å²) < 4.78 is 13.6. The summed E-state index contributed by atoms with van der Waals surface area (Å²) in [5.74, 6) is 2.61. The zero-order chi connectivity index (χ0) is 12.3. The Labute approximate surface area is 106 Å². The summed E-state index contributed by atoms with van der Waals surface area (Å²) in [6.45, 7) is 1.92. The number of benzene rings is 1. The second kappa shape index (κ2) is 5.87. The molecule has 1 aliphatic rings. The van der Waals surface area contributed by atoms with E-state index in [-0.39, 0.29) is 5.82 Å². The van der Waals surface area contributed by atoms with E-state index in [0.29, 0.717) is 17.9 Å². The van der Waals surface area contributed by atoms with Gasteiger partial charge in [0.15, 0.2) is 0 Å². The van der Waals surface area contributed by atoms with Gasteiger partial charge in [0.2, 0.25) is 0 Å². The van der Waals surface area contributed by atoms with Crippen molar-refractivity contribution in [3.8, 4) is 0 Å². The van der Waals surface area contributed by atoms with Gasteiger partial charge in [-0.25, -0.2) is 4.39 Å². The molecule has 1 saturated heterocycles. The lowest BCUT2D eigenvalue weighted by Gasteiger charge is -2.24. The van der Waals surface area contributed by atoms with Gasteiger partial charge in [-0.3, -0.25) is 0 Å². The van der Waals surface area contributed by atoms with Crippen molar-refractivity contribution < 1.29 is 9.50 Å². The molecule has 0 radical (unpaired) electrons. The van der Waals surface area contributed by atoms with Crippen LogP contribution in [0.2, 0.25) is 0 Å². The van der Waals surface area contributed by atoms with Crippen LogP contribution in [-0.2, 0) is 0 Å². The lowest BCUT2D eigenvalue weighted by atomic mass is 9.92. The van der Waals surface area contributed by atoms with Crippen LogP contribution in [0.1, 0.15) is 36.5 Å². The fourth-order valence-electron chi connectivity index (χ4n) is 2.34. The molecule has 1 aliphatic heterocycles. The molecule has 1 N–H and O–H groups in total. The molecule has 1 fully saturated rings. The van der Waals surface area contributed by atoms with Crippen LogP contribution in [0.5, 0.6) is 0 Å². The van der Waals surface area contributed by atoms with E-state index < -0.39 is 6.10 Å². The Morgan fingerprint density at radius 2 is 2.12 bits per heavy atom. The quantitative estimate of drug-likeness (QED) is 0.887. The Hall–Kier alpha value is -0.540. The van der Waals surface area contributed by atoms with Gasteiger partial charge in [0.1, 0.15) is 5.82 Å². The van der Waals surface area contributed by atoms with Gasteiger partial charge in [-0.15, -0.1) is 0 Å². The molecular weight excluding hydrogens is 235 g/mol. The molecule has 0 bridgehead atoms. The topological polar surface area (TPSA) is 20.2 Å². The Morgan fingerprint density at radius 3 is 2.82 bits per heavy atom. The molecule has 1 atom stereocenters. The fraction of sp³-hybridized carbons (Fsp3) is 0.571. The van der Waals surface area contributed by atoms with Crippen molar-refractivity contribution in [3.05, 3.63) is 35.1 Å². The minimum absolute atomic E-state index is 0.284. The highest BCUT2D eigenvalue weighted by molar-refractivity contribution is 7.99. The summed E-state index contributed by atoms with van der Waals surface area (Å²) in [6.07, 6.45) is 2.34. The van der Waals surface area contributed by atoms with E-state index in [1.165, 1.54) is 17.6 Å². The van der Waals surface area contributed by atoms with Gasteiger partial charge in [0.25, 0.3) is 0 Å². The zero-order valence-electron chi connectivity index (χ0n) is 10.2. The van der Waals surface area contributed by atoms with Crippen LogP contribution >= 0.6 is 11.8 Å². The minimum Gasteiger partial charge on any atom is -0.388 e. The van der Waals surface area contributed by atoms with Crippen LogP contribution in [0.15, 0.2) is 18.2 Å². The van der Waals surface area contributed by atoms with Crippen LogP contribution in [0.25, 0.3) is 0 Å². The molecule has 1 aromatic carbocycles. The molecule has 1 heterocycles. The molecule has 1 unspecified atom stereocenters. The summed E-state index contributed by atoms with van der Waals surface area (Å²) >= 11 is 1.97. The Morgan fingerprint density at radius 1 is 1.41 bits per heavy atom. The first-order chi connectivity index (χ1) is 8.16. The molecule has 94 valence electrons. The monoisotopic (exact) mass is 254 g/mol. The SMILES string of the molecule is Cc1ccc(F)c(C(O)CC2CCSCC2)c1. The van der Waals surface area contributed by atoms with Crippen molar-refractivity contribution in [1.82, 2.24) is 0 Å². The Bertz CT molecular complexity index is 374. The maximum atomic E-state index is 13.6. The molecule has 3 heteroatoms. The van der Waals surface area contributed by atoms with Crippen LogP contribution in [0.3, 0.4) is 0 Å². The molecule has 1 aromatic rings. The van der Waals surface area contributed by atoms with Crippen LogP contribution in [0, 0.1) is 18.7 Å². The second-order valence-corrected chi connectivity index (χ2v) is 6.06. The van der Waals surface area contributed by atoms with Crippen molar-refractivity contribution in [2.45, 2.75) is 32.3 Å². The number of aliphatic hydroxyl groups is 1. The summed E-state index contributed by atoms with van der Waals surface area (Å²) in [5.41, 5.74) is 1.46. The average molecular weight is 254 g/mol. The van der Waals surface area contributed by atoms with Crippen molar-refractivity contribution in [1.29, 1.82) is 0 Å². The number of halogens is 1. The number of thioether (sulfide) groups is 1. The van der Waals surface area contributed by atoms with E-state index in [1.54, 1.807) is 12.1 Å². The molecule has 1 nitrogen and oxygen atoms in total. The smallest absolute Gasteiger partial charge is 0.129 e. The molecule has 0 aromatic heterocycles. The summed E-state index contributed by atoms with van der Waals surface area (Å²) in [7, 11) is 0. The van der Waals surface area contributed by atoms with Gasteiger partial charge in [-0.2, -0.15) is 11.8 Å². The van der Waals surface area contributed by atoms with Crippen molar-refractivity contribution >= 4 is 11.8 Å². The van der Waals surface area contributed by atoms with Crippen LogP contribution in [-0.4, -0.2) is 16.6 Å². The number of hydrogen-bond donors (Lipinski definition) is 1. The first-order valence-corrected chi connectivity index (χ1v) is 7.34. The lowest BCUT2D eigenvalue weighted by Crippen LogP contribution is -2.14. The third-order valence-corrected chi connectivity index (χ3v) is 4.46. The molecule has 0 saturated carbocycles. The summed E-state index contributed by atoms with van der Waals surface area (Å²) in [6, 6.07) is 4.95. The highest BCUT2D eigenvalue weighted by Gasteiger charge is 2.20. The number of hydrogen-bond acceptors (Lipinski definition) is 2. The first kappa shape index (κ1) is 12.9. The van der Waals surface area contributed by atoms with Gasteiger partial charge < -0.3 is 5.11 Å². The first-order valence-electron chi connectivity index (χ1n) is 6.18. The van der Waals surface area contributed by atoms with Crippen LogP contribution in [0.4, 0.5) is 4.39 Å². The number of aryl methyl sites for hydroxylation is 1. The largest absolute Gasteiger partial charge is 0.388 e. The Balaban J connectivity index is 2.02. The van der Waals surface area contributed by atoms with Crippen LogP contribution < -0.4 is 0 Å². The second-order valence-electron chi connectivity index (χ2n) is 4.83. The van der Waals surface area contributed by atoms with Crippen molar-refractivity contribution in [3.63, 3.8) is 0 Å². The van der Waals surface area contributed by atoms with Gasteiger partial charge in [-0.1, -0.05) is 17.7 Å². The maximum Gasteiger partial charge on any atom is 0.129 e. The van der Waals surface area contributed by atoms with Gasteiger partial charge >= 0.3 is 0 Å². The van der Waals surface area contributed by atoms with E-state index in [0.717, 1.165) is 18.4 Å². The molecular formula is C14H19FOS. The number of aliphatic hydroxyl groups excluding tert-OH is 1. The molecule has 17 heavy (non-hydrogen) atoms. The van der Waals surface area contributed by atoms with E-state index >= 15 is 0 Å². The average Bonchev–Trinajstić information content (AvgIpc) is 2.33. The predicted octanol–water partition coefficient (Wildman–Crippen LogP) is 3.70. The van der Waals surface area contributed by atoms with Crippen molar-refractivity contribution in [2.75, 3.05) is 11.5 Å². The van der Waals surface area contributed by atoms with E-state index in [9.17, 15) is 9.50 Å². The third-order valence-electron chi connectivity index (χ3n) is 3.41. The summed E-state index contributed by atoms with van der Waals surface area (Å²) in [4.78, 5) is 0. The zero-order valence-corrected chi connectivity index (χ0v) is 11.0. The maximum absolute atomic E-state index is 13.6. The normalized spacial score (nSPS) is 19.2. The van der Waals surface area contributed by atoms with E-state index in [1.807, 2.05) is 18.7 Å². The van der Waals surface area contributed by atoms with Crippen molar-refractivity contribution in [2.24, 2.45) is 5.92 Å². The Kier molecular flexibility index (Phi) is 4.46. The molecule has 0 aliphatic carbocycles. The molecule has 2 rings (SSSR count). The standard InChI is InChI=1S/C14H19FOS/c1-10-2-3-13(15)12(8-10)14(16)9-11-4-6-17-7-5-11/h2-3,8,11,14,16H,4-7,9H2,1H3. The fourth-order valence-corrected chi connectivity index (χ4v) is 3.55. The van der Waals surface area contributed by atoms with Gasteiger partial charge in [0.05, 0.1) is 6.10 Å². The highest BCUT2D eigenvalue weighted by Crippen LogP contribution is 2.32. The number of rotatable bonds is 3. The molecule has 0 amide bonds. The lowest BCUT2D eigenvalue weighted by molar-refractivity contribution is 0.137. The van der Waals surface area contributed by atoms with E-state index in [2.05, 4.69) is 0 Å². The predicted molar refractivity (Wildman–Crippen MR) is 70.8 cm³/mol. The van der Waals surface area contributed by atoms with Gasteiger partial charge in [-0.05, 0) is 49.7 Å². The third kappa shape index (κ3) is 3.46. The summed E-state index contributed by atoms with van der Waals surface area (Å²) in [5, 5.41) is 10.1. The molecule has 0 spiro atoms. The minimum atomic E-state index is -0.650.